The zero-order valence-electron chi connectivity index (χ0n) is 23.0. The van der Waals surface area contributed by atoms with Gasteiger partial charge in [0.2, 0.25) is 5.91 Å². The van der Waals surface area contributed by atoms with E-state index in [0.29, 0.717) is 38.4 Å². The molecule has 0 radical (unpaired) electrons. The summed E-state index contributed by atoms with van der Waals surface area (Å²) in [6.45, 7) is 10.0. The number of amides is 2. The topological polar surface area (TPSA) is 99.8 Å². The minimum atomic E-state index is -0.823. The van der Waals surface area contributed by atoms with Crippen molar-refractivity contribution in [2.45, 2.75) is 72.3 Å². The fraction of sp³-hybridized carbons (Fsp3) is 0.500. The van der Waals surface area contributed by atoms with Crippen molar-refractivity contribution in [2.24, 2.45) is 11.8 Å². The molecule has 8 heteroatoms. The minimum Gasteiger partial charge on any atom is -0.445 e. The predicted molar refractivity (Wildman–Crippen MR) is 149 cm³/mol. The highest BCUT2D eigenvalue weighted by molar-refractivity contribution is 5.92. The van der Waals surface area contributed by atoms with Crippen LogP contribution in [0.4, 0.5) is 10.5 Å². The highest BCUT2D eigenvalue weighted by Crippen LogP contribution is 2.22. The van der Waals surface area contributed by atoms with E-state index in [-0.39, 0.29) is 24.2 Å². The summed E-state index contributed by atoms with van der Waals surface area (Å²) in [4.78, 5) is 41.6. The van der Waals surface area contributed by atoms with Crippen molar-refractivity contribution < 1.29 is 19.1 Å². The largest absolute Gasteiger partial charge is 0.445 e. The SMILES string of the molecule is CC(C)CCC(=O)C(NC(=O)[C@H](CC(C)C)NC(=O)OCc1ccccc1)N1CCNc2ccccc2C1. The number of carbonyl (C=O) groups excluding carboxylic acids is 3. The maximum absolute atomic E-state index is 13.5. The van der Waals surface area contributed by atoms with Gasteiger partial charge in [0.05, 0.1) is 0 Å². The van der Waals surface area contributed by atoms with E-state index >= 15 is 0 Å². The van der Waals surface area contributed by atoms with Crippen molar-refractivity contribution in [1.29, 1.82) is 0 Å². The van der Waals surface area contributed by atoms with E-state index < -0.39 is 18.3 Å². The summed E-state index contributed by atoms with van der Waals surface area (Å²) in [7, 11) is 0. The Morgan fingerprint density at radius 1 is 0.947 bits per heavy atom. The van der Waals surface area contributed by atoms with Gasteiger partial charge in [0.25, 0.3) is 0 Å². The smallest absolute Gasteiger partial charge is 0.408 e. The van der Waals surface area contributed by atoms with Gasteiger partial charge in [0, 0.05) is 31.7 Å². The monoisotopic (exact) mass is 522 g/mol. The van der Waals surface area contributed by atoms with E-state index in [4.69, 9.17) is 4.74 Å². The summed E-state index contributed by atoms with van der Waals surface area (Å²) in [6, 6.07) is 16.6. The van der Waals surface area contributed by atoms with Gasteiger partial charge in [0.15, 0.2) is 5.78 Å². The Morgan fingerprint density at radius 3 is 2.37 bits per heavy atom. The second-order valence-corrected chi connectivity index (χ2v) is 10.8. The van der Waals surface area contributed by atoms with Crippen LogP contribution in [-0.2, 0) is 27.5 Å². The van der Waals surface area contributed by atoms with Crippen molar-refractivity contribution in [3.05, 3.63) is 65.7 Å². The lowest BCUT2D eigenvalue weighted by molar-refractivity contribution is -0.133. The number of hydrogen-bond donors (Lipinski definition) is 3. The van der Waals surface area contributed by atoms with Gasteiger partial charge in [-0.15, -0.1) is 0 Å². The zero-order valence-corrected chi connectivity index (χ0v) is 23.0. The molecule has 2 aromatic rings. The Balaban J connectivity index is 1.73. The van der Waals surface area contributed by atoms with Gasteiger partial charge in [-0.25, -0.2) is 4.79 Å². The predicted octanol–water partition coefficient (Wildman–Crippen LogP) is 4.70. The molecule has 2 amide bonds. The molecule has 1 heterocycles. The molecule has 3 N–H and O–H groups in total. The van der Waals surface area contributed by atoms with Crippen LogP contribution < -0.4 is 16.0 Å². The molecule has 1 aliphatic heterocycles. The van der Waals surface area contributed by atoms with E-state index in [2.05, 4.69) is 29.8 Å². The van der Waals surface area contributed by atoms with Crippen LogP contribution in [-0.4, -0.2) is 48.0 Å². The quantitative estimate of drug-likeness (QED) is 0.374. The van der Waals surface area contributed by atoms with Gasteiger partial charge in [-0.1, -0.05) is 76.2 Å². The number of ketones is 1. The van der Waals surface area contributed by atoms with Crippen LogP contribution in [0.5, 0.6) is 0 Å². The number of alkyl carbamates (subject to hydrolysis) is 1. The molecule has 0 spiro atoms. The lowest BCUT2D eigenvalue weighted by atomic mass is 10.0. The first-order valence-corrected chi connectivity index (χ1v) is 13.6. The molecule has 3 rings (SSSR count). The number of nitrogens with one attached hydrogen (secondary N) is 3. The van der Waals surface area contributed by atoms with E-state index in [0.717, 1.165) is 23.2 Å². The normalized spacial score (nSPS) is 15.1. The Labute approximate surface area is 226 Å². The van der Waals surface area contributed by atoms with Crippen LogP contribution in [0.15, 0.2) is 54.6 Å². The van der Waals surface area contributed by atoms with Crippen LogP contribution in [0.2, 0.25) is 0 Å². The molecule has 1 unspecified atom stereocenters. The zero-order chi connectivity index (χ0) is 27.5. The van der Waals surface area contributed by atoms with Crippen molar-refractivity contribution in [3.63, 3.8) is 0 Å². The molecule has 0 aliphatic carbocycles. The maximum atomic E-state index is 13.5. The summed E-state index contributed by atoms with van der Waals surface area (Å²) in [5.74, 6) is 0.103. The Bertz CT molecular complexity index is 1060. The molecule has 38 heavy (non-hydrogen) atoms. The number of ether oxygens (including phenoxy) is 1. The molecule has 0 saturated carbocycles. The fourth-order valence-corrected chi connectivity index (χ4v) is 4.47. The molecule has 2 atom stereocenters. The summed E-state index contributed by atoms with van der Waals surface area (Å²) >= 11 is 0. The summed E-state index contributed by atoms with van der Waals surface area (Å²) in [5, 5.41) is 9.14. The molecule has 0 saturated heterocycles. The molecule has 0 aromatic heterocycles. The number of rotatable bonds is 12. The average molecular weight is 523 g/mol. The summed E-state index contributed by atoms with van der Waals surface area (Å²) in [5.41, 5.74) is 2.97. The fourth-order valence-electron chi connectivity index (χ4n) is 4.47. The number of nitrogens with zero attached hydrogens (tertiary/aromatic N) is 1. The summed E-state index contributed by atoms with van der Waals surface area (Å²) in [6.07, 6.45) is 0.0863. The third kappa shape index (κ3) is 9.17. The van der Waals surface area contributed by atoms with Crippen LogP contribution >= 0.6 is 0 Å². The van der Waals surface area contributed by atoms with Gasteiger partial charge in [0.1, 0.15) is 18.8 Å². The Kier molecular flexibility index (Phi) is 11.1. The van der Waals surface area contributed by atoms with E-state index in [1.165, 1.54) is 0 Å². The second-order valence-electron chi connectivity index (χ2n) is 10.8. The minimum absolute atomic E-state index is 0.0265. The lowest BCUT2D eigenvalue weighted by Crippen LogP contribution is -2.58. The van der Waals surface area contributed by atoms with Gasteiger partial charge < -0.3 is 20.7 Å². The highest BCUT2D eigenvalue weighted by Gasteiger charge is 2.32. The van der Waals surface area contributed by atoms with Gasteiger partial charge in [-0.05, 0) is 41.9 Å². The summed E-state index contributed by atoms with van der Waals surface area (Å²) < 4.78 is 5.36. The van der Waals surface area contributed by atoms with Gasteiger partial charge in [-0.2, -0.15) is 0 Å². The first-order chi connectivity index (χ1) is 18.2. The van der Waals surface area contributed by atoms with Crippen molar-refractivity contribution >= 4 is 23.5 Å². The molecule has 0 bridgehead atoms. The molecule has 1 aliphatic rings. The van der Waals surface area contributed by atoms with Crippen LogP contribution in [0, 0.1) is 11.8 Å². The Hall–Kier alpha value is -3.39. The van der Waals surface area contributed by atoms with E-state index in [1.54, 1.807) is 0 Å². The first-order valence-electron chi connectivity index (χ1n) is 13.6. The number of anilines is 1. The number of benzene rings is 2. The van der Waals surface area contributed by atoms with Crippen LogP contribution in [0.1, 0.15) is 58.1 Å². The van der Waals surface area contributed by atoms with Crippen LogP contribution in [0.25, 0.3) is 0 Å². The first kappa shape index (κ1) is 29.2. The standard InChI is InChI=1S/C30H42N4O4/c1-21(2)14-15-27(35)28(34-17-16-31-25-13-9-8-12-24(25)19-34)33-29(36)26(18-22(3)4)32-30(37)38-20-23-10-6-5-7-11-23/h5-13,21-22,26,28,31H,14-20H2,1-4H3,(H,32,37)(H,33,36)/t26-,28?/m0/s1. The third-order valence-corrected chi connectivity index (χ3v) is 6.55. The number of carbonyl (C=O) groups is 3. The number of hydrogen-bond acceptors (Lipinski definition) is 6. The van der Waals surface area contributed by atoms with Gasteiger partial charge >= 0.3 is 6.09 Å². The van der Waals surface area contributed by atoms with Crippen LogP contribution in [0.3, 0.4) is 0 Å². The molecule has 0 fully saturated rings. The third-order valence-electron chi connectivity index (χ3n) is 6.55. The maximum Gasteiger partial charge on any atom is 0.408 e. The molecule has 8 nitrogen and oxygen atoms in total. The van der Waals surface area contributed by atoms with Gasteiger partial charge in [-0.3, -0.25) is 14.5 Å². The van der Waals surface area contributed by atoms with Crippen molar-refractivity contribution in [3.8, 4) is 0 Å². The molecule has 206 valence electrons. The Morgan fingerprint density at radius 2 is 1.66 bits per heavy atom. The lowest BCUT2D eigenvalue weighted by Gasteiger charge is -2.32. The number of fused-ring (bicyclic) bond motifs is 1. The number of para-hydroxylation sites is 1. The van der Waals surface area contributed by atoms with Crippen molar-refractivity contribution in [1.82, 2.24) is 15.5 Å². The number of Topliss-reactive ketones (excluding diaryl/α,β-unsaturated/α-hetero) is 1. The molecular weight excluding hydrogens is 480 g/mol. The molecular formula is C30H42N4O4. The van der Waals surface area contributed by atoms with E-state index in [1.807, 2.05) is 73.3 Å². The second kappa shape index (κ2) is 14.5. The average Bonchev–Trinajstić information content (AvgIpc) is 3.11. The van der Waals surface area contributed by atoms with Crippen molar-refractivity contribution in [2.75, 3.05) is 18.4 Å². The molecule has 2 aromatic carbocycles. The van der Waals surface area contributed by atoms with E-state index in [9.17, 15) is 14.4 Å². The highest BCUT2D eigenvalue weighted by atomic mass is 16.5.